The first-order valence-corrected chi connectivity index (χ1v) is 7.49. The van der Waals surface area contributed by atoms with Gasteiger partial charge in [-0.05, 0) is 30.9 Å². The minimum absolute atomic E-state index is 0.00279. The normalized spacial score (nSPS) is 15.5. The number of hydrogen-bond acceptors (Lipinski definition) is 4. The molecular formula is C16H26N2O4. The van der Waals surface area contributed by atoms with E-state index >= 15 is 0 Å². The minimum Gasteiger partial charge on any atom is -0.459 e. The first kappa shape index (κ1) is 18.2. The quantitative estimate of drug-likeness (QED) is 0.712. The minimum atomic E-state index is -0.998. The molecule has 0 aromatic carbocycles. The summed E-state index contributed by atoms with van der Waals surface area (Å²) in [4.78, 5) is 24.3. The van der Waals surface area contributed by atoms with Gasteiger partial charge in [0.1, 0.15) is 6.04 Å². The second-order valence-electron chi connectivity index (χ2n) is 6.40. The monoisotopic (exact) mass is 310 g/mol. The number of carbonyl (C=O) groups excluding carboxylic acids is 2. The highest BCUT2D eigenvalue weighted by Gasteiger charge is 2.29. The van der Waals surface area contributed by atoms with E-state index in [1.54, 1.807) is 13.0 Å². The number of nitrogens with one attached hydrogen (secondary N) is 2. The van der Waals surface area contributed by atoms with Gasteiger partial charge in [0, 0.05) is 6.54 Å². The van der Waals surface area contributed by atoms with Gasteiger partial charge in [-0.2, -0.15) is 0 Å². The van der Waals surface area contributed by atoms with Crippen molar-refractivity contribution in [1.29, 1.82) is 0 Å². The molecule has 1 aromatic heterocycles. The van der Waals surface area contributed by atoms with Crippen molar-refractivity contribution in [2.75, 3.05) is 6.54 Å². The molecule has 0 saturated carbocycles. The van der Waals surface area contributed by atoms with Gasteiger partial charge in [-0.1, -0.05) is 27.7 Å². The maximum Gasteiger partial charge on any atom is 0.287 e. The zero-order chi connectivity index (χ0) is 16.9. The predicted molar refractivity (Wildman–Crippen MR) is 83.3 cm³/mol. The molecule has 0 bridgehead atoms. The van der Waals surface area contributed by atoms with Crippen LogP contribution in [0.4, 0.5) is 0 Å². The van der Waals surface area contributed by atoms with Gasteiger partial charge >= 0.3 is 0 Å². The van der Waals surface area contributed by atoms with Crippen LogP contribution in [0.5, 0.6) is 0 Å². The van der Waals surface area contributed by atoms with Crippen molar-refractivity contribution in [2.24, 2.45) is 11.8 Å². The van der Waals surface area contributed by atoms with E-state index in [4.69, 9.17) is 4.42 Å². The summed E-state index contributed by atoms with van der Waals surface area (Å²) in [6, 6.07) is 2.45. The average molecular weight is 310 g/mol. The van der Waals surface area contributed by atoms with Gasteiger partial charge in [0.25, 0.3) is 5.91 Å². The van der Waals surface area contributed by atoms with E-state index in [1.165, 1.54) is 12.3 Å². The molecule has 1 rings (SSSR count). The SMILES string of the molecule is CC(C)C(NC(=O)c1ccco1)C(=O)NCC(C)(O)C(C)C. The summed E-state index contributed by atoms with van der Waals surface area (Å²) in [5.41, 5.74) is -0.998. The Labute approximate surface area is 131 Å². The van der Waals surface area contributed by atoms with Crippen LogP contribution in [-0.4, -0.2) is 35.1 Å². The molecule has 0 aliphatic rings. The standard InChI is InChI=1S/C16H26N2O4/c1-10(2)13(18-14(19)12-7-6-8-22-12)15(20)17-9-16(5,21)11(3)4/h6-8,10-11,13,21H,9H2,1-5H3,(H,17,20)(H,18,19). The molecule has 0 spiro atoms. The number of hydrogen-bond donors (Lipinski definition) is 3. The smallest absolute Gasteiger partial charge is 0.287 e. The van der Waals surface area contributed by atoms with Crippen molar-refractivity contribution < 1.29 is 19.1 Å². The van der Waals surface area contributed by atoms with Crippen LogP contribution in [0.25, 0.3) is 0 Å². The van der Waals surface area contributed by atoms with Gasteiger partial charge in [0.05, 0.1) is 11.9 Å². The lowest BCUT2D eigenvalue weighted by Crippen LogP contribution is -2.53. The summed E-state index contributed by atoms with van der Waals surface area (Å²) < 4.78 is 5.02. The third-order valence-electron chi connectivity index (χ3n) is 3.85. The van der Waals surface area contributed by atoms with Crippen molar-refractivity contribution in [2.45, 2.75) is 46.3 Å². The summed E-state index contributed by atoms with van der Waals surface area (Å²) in [6.45, 7) is 9.24. The number of amides is 2. The van der Waals surface area contributed by atoms with Crippen LogP contribution in [-0.2, 0) is 4.79 Å². The van der Waals surface area contributed by atoms with Gasteiger partial charge in [-0.15, -0.1) is 0 Å². The van der Waals surface area contributed by atoms with Gasteiger partial charge in [-0.25, -0.2) is 0 Å². The van der Waals surface area contributed by atoms with Crippen LogP contribution in [0.3, 0.4) is 0 Å². The van der Waals surface area contributed by atoms with Gasteiger partial charge < -0.3 is 20.2 Å². The van der Waals surface area contributed by atoms with Crippen LogP contribution in [0.15, 0.2) is 22.8 Å². The number of furan rings is 1. The molecule has 6 heteroatoms. The van der Waals surface area contributed by atoms with Crippen LogP contribution in [0, 0.1) is 11.8 Å². The van der Waals surface area contributed by atoms with Crippen LogP contribution < -0.4 is 10.6 Å². The summed E-state index contributed by atoms with van der Waals surface area (Å²) in [5, 5.41) is 15.5. The van der Waals surface area contributed by atoms with E-state index in [0.29, 0.717) is 0 Å². The Morgan fingerprint density at radius 2 is 1.95 bits per heavy atom. The summed E-state index contributed by atoms with van der Waals surface area (Å²) in [5.74, 6) is -0.691. The van der Waals surface area contributed by atoms with Crippen LogP contribution in [0.1, 0.15) is 45.2 Å². The molecule has 1 aromatic rings. The molecule has 0 radical (unpaired) electrons. The summed E-state index contributed by atoms with van der Waals surface area (Å²) >= 11 is 0. The van der Waals surface area contributed by atoms with Crippen LogP contribution >= 0.6 is 0 Å². The molecule has 22 heavy (non-hydrogen) atoms. The largest absolute Gasteiger partial charge is 0.459 e. The fourth-order valence-electron chi connectivity index (χ4n) is 1.74. The molecular weight excluding hydrogens is 284 g/mol. The fourth-order valence-corrected chi connectivity index (χ4v) is 1.74. The number of aliphatic hydroxyl groups is 1. The first-order valence-electron chi connectivity index (χ1n) is 7.49. The Balaban J connectivity index is 2.67. The molecule has 2 unspecified atom stereocenters. The maximum absolute atomic E-state index is 12.3. The number of rotatable bonds is 7. The maximum atomic E-state index is 12.3. The second kappa shape index (κ2) is 7.45. The lowest BCUT2D eigenvalue weighted by atomic mass is 9.92. The molecule has 0 fully saturated rings. The summed E-state index contributed by atoms with van der Waals surface area (Å²) in [7, 11) is 0. The lowest BCUT2D eigenvalue weighted by molar-refractivity contribution is -0.125. The first-order chi connectivity index (χ1) is 10.1. The molecule has 0 saturated heterocycles. The Bertz CT molecular complexity index is 492. The Morgan fingerprint density at radius 3 is 2.41 bits per heavy atom. The lowest BCUT2D eigenvalue weighted by Gasteiger charge is -2.29. The highest BCUT2D eigenvalue weighted by Crippen LogP contribution is 2.15. The van der Waals surface area contributed by atoms with Crippen molar-refractivity contribution in [3.8, 4) is 0 Å². The van der Waals surface area contributed by atoms with E-state index in [-0.39, 0.29) is 30.0 Å². The average Bonchev–Trinajstić information content (AvgIpc) is 2.95. The molecule has 2 atom stereocenters. The predicted octanol–water partition coefficient (Wildman–Crippen LogP) is 1.56. The Hall–Kier alpha value is -1.82. The van der Waals surface area contributed by atoms with Crippen LogP contribution in [0.2, 0.25) is 0 Å². The molecule has 124 valence electrons. The number of carbonyl (C=O) groups is 2. The Morgan fingerprint density at radius 1 is 1.32 bits per heavy atom. The third-order valence-corrected chi connectivity index (χ3v) is 3.85. The van der Waals surface area contributed by atoms with E-state index in [1.807, 2.05) is 27.7 Å². The van der Waals surface area contributed by atoms with Gasteiger partial charge in [0.2, 0.25) is 5.91 Å². The topological polar surface area (TPSA) is 91.6 Å². The van der Waals surface area contributed by atoms with E-state index in [0.717, 1.165) is 0 Å². The molecule has 3 N–H and O–H groups in total. The molecule has 0 aliphatic heterocycles. The second-order valence-corrected chi connectivity index (χ2v) is 6.40. The van der Waals surface area contributed by atoms with E-state index in [2.05, 4.69) is 10.6 Å². The van der Waals surface area contributed by atoms with Crippen molar-refractivity contribution in [1.82, 2.24) is 10.6 Å². The molecule has 1 heterocycles. The van der Waals surface area contributed by atoms with Crippen molar-refractivity contribution >= 4 is 11.8 Å². The zero-order valence-electron chi connectivity index (χ0n) is 13.8. The van der Waals surface area contributed by atoms with Crippen molar-refractivity contribution in [3.63, 3.8) is 0 Å². The van der Waals surface area contributed by atoms with E-state index < -0.39 is 17.6 Å². The molecule has 2 amide bonds. The van der Waals surface area contributed by atoms with Gasteiger partial charge in [-0.3, -0.25) is 9.59 Å². The summed E-state index contributed by atoms with van der Waals surface area (Å²) in [6.07, 6.45) is 1.40. The zero-order valence-corrected chi connectivity index (χ0v) is 13.8. The third kappa shape index (κ3) is 4.87. The van der Waals surface area contributed by atoms with E-state index in [9.17, 15) is 14.7 Å². The van der Waals surface area contributed by atoms with Crippen molar-refractivity contribution in [3.05, 3.63) is 24.2 Å². The molecule has 0 aliphatic carbocycles. The molecule has 6 nitrogen and oxygen atoms in total. The Kier molecular flexibility index (Phi) is 6.17. The highest BCUT2D eigenvalue weighted by molar-refractivity contribution is 5.95. The fraction of sp³-hybridized carbons (Fsp3) is 0.625. The van der Waals surface area contributed by atoms with Gasteiger partial charge in [0.15, 0.2) is 5.76 Å². The highest BCUT2D eigenvalue weighted by atomic mass is 16.3.